The molecule has 0 bridgehead atoms. The predicted octanol–water partition coefficient (Wildman–Crippen LogP) is 4.36. The van der Waals surface area contributed by atoms with Crippen molar-refractivity contribution in [3.8, 4) is 11.3 Å². The predicted molar refractivity (Wildman–Crippen MR) is 112 cm³/mol. The first-order chi connectivity index (χ1) is 13.1. The van der Waals surface area contributed by atoms with Crippen LogP contribution < -0.4 is 10.6 Å². The first-order valence-electron chi connectivity index (χ1n) is 9.51. The van der Waals surface area contributed by atoms with Gasteiger partial charge in [0, 0.05) is 30.3 Å². The first-order valence-corrected chi connectivity index (χ1v) is 10.3. The molecule has 0 aliphatic carbocycles. The second kappa shape index (κ2) is 9.20. The highest BCUT2D eigenvalue weighted by atomic mass is 35.5. The Morgan fingerprint density at radius 2 is 1.89 bits per heavy atom. The topological polar surface area (TPSA) is 59.1 Å². The van der Waals surface area contributed by atoms with Gasteiger partial charge in [0.05, 0.1) is 34.3 Å². The van der Waals surface area contributed by atoms with E-state index in [-0.39, 0.29) is 12.1 Å². The molecule has 1 fully saturated rings. The van der Waals surface area contributed by atoms with E-state index in [1.807, 2.05) is 19.1 Å². The fourth-order valence-electron chi connectivity index (χ4n) is 3.37. The summed E-state index contributed by atoms with van der Waals surface area (Å²) in [7, 11) is 0. The molecule has 2 unspecified atom stereocenters. The number of nitrogens with one attached hydrogen (secondary N) is 2. The van der Waals surface area contributed by atoms with E-state index in [4.69, 9.17) is 37.9 Å². The minimum Gasteiger partial charge on any atom is -0.375 e. The molecule has 2 heterocycles. The smallest absolute Gasteiger partial charge is 0.148 e. The summed E-state index contributed by atoms with van der Waals surface area (Å²) in [5.74, 6) is 0.835. The molecule has 1 aliphatic rings. The molecule has 27 heavy (non-hydrogen) atoms. The van der Waals surface area contributed by atoms with Crippen LogP contribution in [0.25, 0.3) is 11.3 Å². The number of hydrogen-bond acceptors (Lipinski definition) is 5. The third-order valence-electron chi connectivity index (χ3n) is 4.76. The third kappa shape index (κ3) is 4.54. The molecular formula is C20H26Cl2N4O. The van der Waals surface area contributed by atoms with Gasteiger partial charge in [-0.15, -0.1) is 0 Å². The van der Waals surface area contributed by atoms with Gasteiger partial charge in [-0.1, -0.05) is 37.0 Å². The van der Waals surface area contributed by atoms with Crippen LogP contribution in [0.1, 0.15) is 32.2 Å². The van der Waals surface area contributed by atoms with Crippen LogP contribution in [0.15, 0.2) is 18.2 Å². The number of benzene rings is 1. The van der Waals surface area contributed by atoms with Crippen LogP contribution in [0.4, 0.5) is 5.82 Å². The van der Waals surface area contributed by atoms with E-state index >= 15 is 0 Å². The van der Waals surface area contributed by atoms with Crippen molar-refractivity contribution in [3.05, 3.63) is 39.6 Å². The van der Waals surface area contributed by atoms with Crippen LogP contribution in [0.2, 0.25) is 10.0 Å². The maximum atomic E-state index is 6.43. The Balaban J connectivity index is 1.97. The highest BCUT2D eigenvalue weighted by molar-refractivity contribution is 6.36. The molecule has 5 nitrogen and oxygen atoms in total. The summed E-state index contributed by atoms with van der Waals surface area (Å²) in [5, 5.41) is 8.13. The molecule has 0 saturated carbocycles. The number of hydrogen-bond donors (Lipinski definition) is 2. The molecule has 146 valence electrons. The zero-order valence-electron chi connectivity index (χ0n) is 16.0. The van der Waals surface area contributed by atoms with Crippen molar-refractivity contribution in [1.29, 1.82) is 0 Å². The Hall–Kier alpha value is -1.40. The lowest BCUT2D eigenvalue weighted by molar-refractivity contribution is 0.0709. The molecule has 0 amide bonds. The summed E-state index contributed by atoms with van der Waals surface area (Å²) in [6.07, 6.45) is 1.67. The van der Waals surface area contributed by atoms with Crippen molar-refractivity contribution in [3.63, 3.8) is 0 Å². The number of aryl methyl sites for hydroxylation is 2. The van der Waals surface area contributed by atoms with Crippen molar-refractivity contribution < 1.29 is 4.74 Å². The van der Waals surface area contributed by atoms with E-state index in [0.717, 1.165) is 54.4 Å². The van der Waals surface area contributed by atoms with Gasteiger partial charge in [0.15, 0.2) is 0 Å². The summed E-state index contributed by atoms with van der Waals surface area (Å²) in [5.41, 5.74) is 3.53. The Morgan fingerprint density at radius 3 is 2.56 bits per heavy atom. The Morgan fingerprint density at radius 1 is 1.11 bits per heavy atom. The lowest BCUT2D eigenvalue weighted by Crippen LogP contribution is -2.35. The van der Waals surface area contributed by atoms with E-state index in [1.54, 1.807) is 6.07 Å². The van der Waals surface area contributed by atoms with Crippen molar-refractivity contribution in [2.75, 3.05) is 25.0 Å². The second-order valence-electron chi connectivity index (χ2n) is 6.55. The highest BCUT2D eigenvalue weighted by Gasteiger charge is 2.28. The third-order valence-corrected chi connectivity index (χ3v) is 5.31. The van der Waals surface area contributed by atoms with Gasteiger partial charge in [-0.25, -0.2) is 9.97 Å². The summed E-state index contributed by atoms with van der Waals surface area (Å²) in [4.78, 5) is 9.83. The zero-order valence-corrected chi connectivity index (χ0v) is 17.5. The molecule has 1 aromatic carbocycles. The zero-order chi connectivity index (χ0) is 19.4. The first kappa shape index (κ1) is 20.3. The van der Waals surface area contributed by atoms with E-state index in [0.29, 0.717) is 16.7 Å². The number of ether oxygens (including phenoxy) is 1. The van der Waals surface area contributed by atoms with Crippen molar-refractivity contribution in [2.45, 2.75) is 45.8 Å². The molecule has 0 spiro atoms. The molecule has 3 rings (SSSR count). The van der Waals surface area contributed by atoms with Gasteiger partial charge in [0.1, 0.15) is 5.82 Å². The number of halogens is 2. The summed E-state index contributed by atoms with van der Waals surface area (Å²) < 4.78 is 5.83. The van der Waals surface area contributed by atoms with Gasteiger partial charge in [0.25, 0.3) is 0 Å². The minimum atomic E-state index is 0.136. The molecule has 1 aliphatic heterocycles. The monoisotopic (exact) mass is 408 g/mol. The summed E-state index contributed by atoms with van der Waals surface area (Å²) >= 11 is 12.5. The van der Waals surface area contributed by atoms with E-state index in [1.165, 1.54) is 0 Å². The van der Waals surface area contributed by atoms with Gasteiger partial charge in [-0.2, -0.15) is 0 Å². The molecule has 2 atom stereocenters. The standard InChI is InChI=1S/C20H26Cl2N4O/c1-4-15-19(13-8-7-12(21)9-14(13)22)24-16(5-2)20(25-15)26-17-10-23-11-18(17)27-6-3/h7-9,17-18,23H,4-6,10-11H2,1-3H3,(H,25,26). The Kier molecular flexibility index (Phi) is 6.93. The van der Waals surface area contributed by atoms with Crippen LogP contribution in [0.3, 0.4) is 0 Å². The van der Waals surface area contributed by atoms with Gasteiger partial charge in [-0.3, -0.25) is 0 Å². The molecular weight excluding hydrogens is 383 g/mol. The lowest BCUT2D eigenvalue weighted by atomic mass is 10.1. The maximum absolute atomic E-state index is 6.43. The average molecular weight is 409 g/mol. The van der Waals surface area contributed by atoms with E-state index in [2.05, 4.69) is 24.5 Å². The second-order valence-corrected chi connectivity index (χ2v) is 7.39. The van der Waals surface area contributed by atoms with Crippen LogP contribution in [0, 0.1) is 0 Å². The quantitative estimate of drug-likeness (QED) is 0.712. The van der Waals surface area contributed by atoms with Crippen LogP contribution in [0.5, 0.6) is 0 Å². The molecule has 2 N–H and O–H groups in total. The van der Waals surface area contributed by atoms with Crippen LogP contribution in [-0.2, 0) is 17.6 Å². The lowest BCUT2D eigenvalue weighted by Gasteiger charge is -2.22. The van der Waals surface area contributed by atoms with Crippen molar-refractivity contribution in [2.24, 2.45) is 0 Å². The molecule has 7 heteroatoms. The Labute approximate surface area is 170 Å². The summed E-state index contributed by atoms with van der Waals surface area (Å²) in [6, 6.07) is 5.67. The van der Waals surface area contributed by atoms with Crippen molar-refractivity contribution >= 4 is 29.0 Å². The molecule has 0 radical (unpaired) electrons. The van der Waals surface area contributed by atoms with E-state index < -0.39 is 0 Å². The number of nitrogens with zero attached hydrogens (tertiary/aromatic N) is 2. The highest BCUT2D eigenvalue weighted by Crippen LogP contribution is 2.32. The van der Waals surface area contributed by atoms with Crippen LogP contribution >= 0.6 is 23.2 Å². The Bertz CT molecular complexity index is 800. The number of aromatic nitrogens is 2. The number of anilines is 1. The fourth-order valence-corrected chi connectivity index (χ4v) is 3.87. The SMILES string of the molecule is CCOC1CNCC1Nc1nc(CC)c(-c2ccc(Cl)cc2Cl)nc1CC. The van der Waals surface area contributed by atoms with Crippen LogP contribution in [-0.4, -0.2) is 41.8 Å². The fraction of sp³-hybridized carbons (Fsp3) is 0.500. The van der Waals surface area contributed by atoms with Gasteiger partial charge in [0.2, 0.25) is 0 Å². The minimum absolute atomic E-state index is 0.136. The van der Waals surface area contributed by atoms with Crippen molar-refractivity contribution in [1.82, 2.24) is 15.3 Å². The normalized spacial score (nSPS) is 19.4. The van der Waals surface area contributed by atoms with E-state index in [9.17, 15) is 0 Å². The maximum Gasteiger partial charge on any atom is 0.148 e. The van der Waals surface area contributed by atoms with Gasteiger partial charge >= 0.3 is 0 Å². The summed E-state index contributed by atoms with van der Waals surface area (Å²) in [6.45, 7) is 8.58. The molecule has 1 aromatic heterocycles. The largest absolute Gasteiger partial charge is 0.375 e. The number of rotatable bonds is 7. The molecule has 2 aromatic rings. The molecule has 1 saturated heterocycles. The van der Waals surface area contributed by atoms with Gasteiger partial charge in [-0.05, 0) is 38.0 Å². The average Bonchev–Trinajstić information content (AvgIpc) is 3.09. The van der Waals surface area contributed by atoms with Gasteiger partial charge < -0.3 is 15.4 Å².